The average Bonchev–Trinajstić information content (AvgIpc) is 2.90. The Bertz CT molecular complexity index is 420. The van der Waals surface area contributed by atoms with Gasteiger partial charge < -0.3 is 19.4 Å². The van der Waals surface area contributed by atoms with E-state index in [1.54, 1.807) is 18.4 Å². The van der Waals surface area contributed by atoms with Crippen LogP contribution in [-0.2, 0) is 13.6 Å². The number of rotatable bonds is 5. The average molecular weight is 220 g/mol. The molecule has 4 heteroatoms. The largest absolute Gasteiger partial charge is 0.467 e. The highest BCUT2D eigenvalue weighted by molar-refractivity contribution is 5.06. The van der Waals surface area contributed by atoms with Crippen LogP contribution in [0.3, 0.4) is 0 Å². The summed E-state index contributed by atoms with van der Waals surface area (Å²) in [5.74, 6) is 0.597. The van der Waals surface area contributed by atoms with E-state index in [9.17, 15) is 5.11 Å². The van der Waals surface area contributed by atoms with Gasteiger partial charge in [0, 0.05) is 32.0 Å². The molecule has 0 aliphatic rings. The van der Waals surface area contributed by atoms with E-state index < -0.39 is 6.10 Å². The SMILES string of the molecule is Cn1cccc1CNC[C@H](O)c1ccco1. The molecule has 0 unspecified atom stereocenters. The molecule has 2 N–H and O–H groups in total. The van der Waals surface area contributed by atoms with E-state index in [4.69, 9.17) is 4.42 Å². The minimum atomic E-state index is -0.588. The van der Waals surface area contributed by atoms with Gasteiger partial charge in [0.15, 0.2) is 0 Å². The number of aliphatic hydroxyl groups is 1. The van der Waals surface area contributed by atoms with Crippen LogP contribution in [0.5, 0.6) is 0 Å². The fourth-order valence-corrected chi connectivity index (χ4v) is 1.60. The molecule has 0 spiro atoms. The Balaban J connectivity index is 1.78. The summed E-state index contributed by atoms with van der Waals surface area (Å²) in [6.07, 6.45) is 2.98. The molecule has 16 heavy (non-hydrogen) atoms. The minimum absolute atomic E-state index is 0.485. The van der Waals surface area contributed by atoms with Gasteiger partial charge in [-0.15, -0.1) is 0 Å². The molecule has 86 valence electrons. The molecule has 1 atom stereocenters. The van der Waals surface area contributed by atoms with Crippen LogP contribution in [0.1, 0.15) is 17.6 Å². The summed E-state index contributed by atoms with van der Waals surface area (Å²) < 4.78 is 7.16. The third kappa shape index (κ3) is 2.53. The lowest BCUT2D eigenvalue weighted by Gasteiger charge is -2.09. The summed E-state index contributed by atoms with van der Waals surface area (Å²) in [6.45, 7) is 1.22. The van der Waals surface area contributed by atoms with Crippen molar-refractivity contribution < 1.29 is 9.52 Å². The van der Waals surface area contributed by atoms with Crippen molar-refractivity contribution in [2.75, 3.05) is 6.54 Å². The molecular weight excluding hydrogens is 204 g/mol. The van der Waals surface area contributed by atoms with Gasteiger partial charge in [0.25, 0.3) is 0 Å². The van der Waals surface area contributed by atoms with E-state index in [1.807, 2.05) is 29.9 Å². The highest BCUT2D eigenvalue weighted by Gasteiger charge is 2.09. The Morgan fingerprint density at radius 1 is 1.44 bits per heavy atom. The van der Waals surface area contributed by atoms with Gasteiger partial charge in [-0.2, -0.15) is 0 Å². The van der Waals surface area contributed by atoms with Crippen LogP contribution < -0.4 is 5.32 Å². The molecule has 2 aromatic rings. The van der Waals surface area contributed by atoms with Crippen LogP contribution in [0.4, 0.5) is 0 Å². The van der Waals surface area contributed by atoms with Crippen molar-refractivity contribution in [3.05, 3.63) is 48.2 Å². The third-order valence-corrected chi connectivity index (χ3v) is 2.57. The van der Waals surface area contributed by atoms with Gasteiger partial charge in [0.2, 0.25) is 0 Å². The lowest BCUT2D eigenvalue weighted by atomic mass is 10.2. The van der Waals surface area contributed by atoms with E-state index in [1.165, 1.54) is 5.69 Å². The van der Waals surface area contributed by atoms with Gasteiger partial charge in [0.05, 0.1) is 6.26 Å². The van der Waals surface area contributed by atoms with E-state index in [-0.39, 0.29) is 0 Å². The van der Waals surface area contributed by atoms with Crippen molar-refractivity contribution in [3.63, 3.8) is 0 Å². The van der Waals surface area contributed by atoms with Crippen LogP contribution in [-0.4, -0.2) is 16.2 Å². The summed E-state index contributed by atoms with van der Waals surface area (Å²) in [4.78, 5) is 0. The molecule has 0 radical (unpaired) electrons. The first-order chi connectivity index (χ1) is 7.77. The van der Waals surface area contributed by atoms with Gasteiger partial charge in [-0.1, -0.05) is 0 Å². The summed E-state index contributed by atoms with van der Waals surface area (Å²) in [5.41, 5.74) is 1.19. The predicted molar refractivity (Wildman–Crippen MR) is 60.8 cm³/mol. The van der Waals surface area contributed by atoms with Gasteiger partial charge >= 0.3 is 0 Å². The molecular formula is C12H16N2O2. The van der Waals surface area contributed by atoms with E-state index in [2.05, 4.69) is 5.32 Å². The van der Waals surface area contributed by atoms with Crippen LogP contribution in [0.25, 0.3) is 0 Å². The third-order valence-electron chi connectivity index (χ3n) is 2.57. The number of hydrogen-bond donors (Lipinski definition) is 2. The van der Waals surface area contributed by atoms with Crippen LogP contribution in [0.2, 0.25) is 0 Å². The topological polar surface area (TPSA) is 50.3 Å². The number of aliphatic hydroxyl groups excluding tert-OH is 1. The Kier molecular flexibility index (Phi) is 3.44. The second kappa shape index (κ2) is 5.01. The molecule has 0 amide bonds. The maximum absolute atomic E-state index is 9.74. The summed E-state index contributed by atoms with van der Waals surface area (Å²) in [6, 6.07) is 7.59. The monoisotopic (exact) mass is 220 g/mol. The Morgan fingerprint density at radius 3 is 2.94 bits per heavy atom. The zero-order valence-corrected chi connectivity index (χ0v) is 9.26. The zero-order chi connectivity index (χ0) is 11.4. The quantitative estimate of drug-likeness (QED) is 0.801. The number of aryl methyl sites for hydroxylation is 1. The van der Waals surface area contributed by atoms with Crippen molar-refractivity contribution in [2.45, 2.75) is 12.6 Å². The molecule has 2 rings (SSSR count). The summed E-state index contributed by atoms with van der Waals surface area (Å²) in [7, 11) is 2.00. The fourth-order valence-electron chi connectivity index (χ4n) is 1.60. The van der Waals surface area contributed by atoms with Crippen LogP contribution in [0, 0.1) is 0 Å². The zero-order valence-electron chi connectivity index (χ0n) is 9.26. The van der Waals surface area contributed by atoms with Gasteiger partial charge in [-0.25, -0.2) is 0 Å². The highest BCUT2D eigenvalue weighted by atomic mass is 16.4. The van der Waals surface area contributed by atoms with Gasteiger partial charge in [-0.05, 0) is 24.3 Å². The number of hydrogen-bond acceptors (Lipinski definition) is 3. The first-order valence-corrected chi connectivity index (χ1v) is 5.30. The van der Waals surface area contributed by atoms with Crippen molar-refractivity contribution in [1.29, 1.82) is 0 Å². The standard InChI is InChI=1S/C12H16N2O2/c1-14-6-2-4-10(14)8-13-9-11(15)12-5-3-7-16-12/h2-7,11,13,15H,8-9H2,1H3/t11-/m0/s1. The molecule has 0 saturated carbocycles. The maximum atomic E-state index is 9.74. The summed E-state index contributed by atoms with van der Waals surface area (Å²) >= 11 is 0. The Labute approximate surface area is 94.5 Å². The lowest BCUT2D eigenvalue weighted by molar-refractivity contribution is 0.147. The van der Waals surface area contributed by atoms with Crippen molar-refractivity contribution >= 4 is 0 Å². The molecule has 2 aromatic heterocycles. The first kappa shape index (κ1) is 11.0. The molecule has 0 fully saturated rings. The fraction of sp³-hybridized carbons (Fsp3) is 0.333. The lowest BCUT2D eigenvalue weighted by Crippen LogP contribution is -2.21. The molecule has 0 saturated heterocycles. The van der Waals surface area contributed by atoms with Crippen molar-refractivity contribution in [3.8, 4) is 0 Å². The highest BCUT2D eigenvalue weighted by Crippen LogP contribution is 2.11. The number of nitrogens with one attached hydrogen (secondary N) is 1. The van der Waals surface area contributed by atoms with Crippen LogP contribution in [0.15, 0.2) is 41.1 Å². The first-order valence-electron chi connectivity index (χ1n) is 5.30. The second-order valence-corrected chi connectivity index (χ2v) is 3.77. The normalized spacial score (nSPS) is 12.9. The van der Waals surface area contributed by atoms with Crippen LogP contribution >= 0.6 is 0 Å². The molecule has 4 nitrogen and oxygen atoms in total. The van der Waals surface area contributed by atoms with Gasteiger partial charge in [0.1, 0.15) is 11.9 Å². The predicted octanol–water partition coefficient (Wildman–Crippen LogP) is 1.44. The Hall–Kier alpha value is -1.52. The number of nitrogens with zero attached hydrogens (tertiary/aromatic N) is 1. The minimum Gasteiger partial charge on any atom is -0.467 e. The number of furan rings is 1. The van der Waals surface area contributed by atoms with E-state index in [0.29, 0.717) is 12.3 Å². The molecule has 2 heterocycles. The van der Waals surface area contributed by atoms with Crippen molar-refractivity contribution in [1.82, 2.24) is 9.88 Å². The molecule has 0 aliphatic heterocycles. The Morgan fingerprint density at radius 2 is 2.31 bits per heavy atom. The van der Waals surface area contributed by atoms with E-state index in [0.717, 1.165) is 6.54 Å². The maximum Gasteiger partial charge on any atom is 0.133 e. The molecule has 0 aromatic carbocycles. The number of aromatic nitrogens is 1. The second-order valence-electron chi connectivity index (χ2n) is 3.77. The van der Waals surface area contributed by atoms with E-state index >= 15 is 0 Å². The smallest absolute Gasteiger partial charge is 0.133 e. The summed E-state index contributed by atoms with van der Waals surface area (Å²) in [5, 5.41) is 12.9. The van der Waals surface area contributed by atoms with Gasteiger partial charge in [-0.3, -0.25) is 0 Å². The molecule has 0 bridgehead atoms. The molecule has 0 aliphatic carbocycles. The van der Waals surface area contributed by atoms with Crippen molar-refractivity contribution in [2.24, 2.45) is 7.05 Å².